The third kappa shape index (κ3) is 4.15. The van der Waals surface area contributed by atoms with Crippen LogP contribution in [0.4, 0.5) is 10.1 Å². The van der Waals surface area contributed by atoms with Crippen LogP contribution in [-0.4, -0.2) is 24.9 Å². The van der Waals surface area contributed by atoms with Crippen molar-refractivity contribution in [3.63, 3.8) is 0 Å². The molecule has 0 fully saturated rings. The summed E-state index contributed by atoms with van der Waals surface area (Å²) in [6.45, 7) is 2.69. The molecule has 22 heavy (non-hydrogen) atoms. The summed E-state index contributed by atoms with van der Waals surface area (Å²) in [6.07, 6.45) is 0. The second kappa shape index (κ2) is 7.03. The summed E-state index contributed by atoms with van der Waals surface area (Å²) in [5.74, 6) is -0.996. The van der Waals surface area contributed by atoms with Crippen molar-refractivity contribution in [2.45, 2.75) is 13.5 Å². The lowest BCUT2D eigenvalue weighted by molar-refractivity contribution is 0.102. The number of nitrogens with zero attached hydrogens (tertiary/aromatic N) is 1. The lowest BCUT2D eigenvalue weighted by Gasteiger charge is -2.16. The fourth-order valence-corrected chi connectivity index (χ4v) is 2.54. The van der Waals surface area contributed by atoms with Gasteiger partial charge in [0.15, 0.2) is 0 Å². The van der Waals surface area contributed by atoms with Gasteiger partial charge >= 0.3 is 0 Å². The van der Waals surface area contributed by atoms with E-state index < -0.39 is 11.7 Å². The Bertz CT molecular complexity index is 701. The van der Waals surface area contributed by atoms with E-state index in [1.807, 2.05) is 44.1 Å². The van der Waals surface area contributed by atoms with Crippen LogP contribution in [0.25, 0.3) is 0 Å². The molecule has 0 aromatic heterocycles. The summed E-state index contributed by atoms with van der Waals surface area (Å²) in [5, 5.41) is 2.80. The topological polar surface area (TPSA) is 32.3 Å². The fourth-order valence-electron chi connectivity index (χ4n) is 2.18. The molecule has 0 aliphatic carbocycles. The molecule has 0 heterocycles. The highest BCUT2D eigenvalue weighted by atomic mass is 79.9. The van der Waals surface area contributed by atoms with Crippen LogP contribution in [-0.2, 0) is 6.54 Å². The molecular weight excluding hydrogens is 347 g/mol. The molecule has 0 aliphatic rings. The Morgan fingerprint density at radius 2 is 1.95 bits per heavy atom. The maximum atomic E-state index is 13.8. The normalized spacial score (nSPS) is 10.8. The second-order valence-electron chi connectivity index (χ2n) is 5.48. The van der Waals surface area contributed by atoms with Gasteiger partial charge < -0.3 is 10.2 Å². The van der Waals surface area contributed by atoms with Gasteiger partial charge in [0, 0.05) is 16.7 Å². The molecule has 0 aliphatic heterocycles. The molecule has 5 heteroatoms. The molecule has 1 amide bonds. The Morgan fingerprint density at radius 1 is 1.23 bits per heavy atom. The smallest absolute Gasteiger partial charge is 0.258 e. The van der Waals surface area contributed by atoms with Crippen LogP contribution in [0.15, 0.2) is 40.9 Å². The minimum atomic E-state index is -0.540. The number of hydrogen-bond donors (Lipinski definition) is 1. The molecular formula is C17H18BrFN2O. The van der Waals surface area contributed by atoms with Crippen molar-refractivity contribution in [3.8, 4) is 0 Å². The fraction of sp³-hybridized carbons (Fsp3) is 0.235. The molecule has 3 nitrogen and oxygen atoms in total. The molecule has 0 spiro atoms. The van der Waals surface area contributed by atoms with Crippen molar-refractivity contribution < 1.29 is 9.18 Å². The number of hydrogen-bond acceptors (Lipinski definition) is 2. The van der Waals surface area contributed by atoms with Gasteiger partial charge in [-0.25, -0.2) is 4.39 Å². The molecule has 2 aromatic carbocycles. The summed E-state index contributed by atoms with van der Waals surface area (Å²) in [5.41, 5.74) is 2.83. The number of carbonyl (C=O) groups excluding carboxylic acids is 1. The molecule has 1 N–H and O–H groups in total. The van der Waals surface area contributed by atoms with Gasteiger partial charge in [-0.15, -0.1) is 0 Å². The molecule has 116 valence electrons. The van der Waals surface area contributed by atoms with Crippen LogP contribution in [0, 0.1) is 12.7 Å². The number of rotatable bonds is 4. The Labute approximate surface area is 138 Å². The van der Waals surface area contributed by atoms with Gasteiger partial charge in [0.2, 0.25) is 0 Å². The highest BCUT2D eigenvalue weighted by Gasteiger charge is 2.14. The first-order chi connectivity index (χ1) is 10.4. The molecule has 2 aromatic rings. The van der Waals surface area contributed by atoms with Gasteiger partial charge in [-0.2, -0.15) is 0 Å². The van der Waals surface area contributed by atoms with Crippen LogP contribution < -0.4 is 5.32 Å². The maximum Gasteiger partial charge on any atom is 0.258 e. The number of halogens is 2. The first-order valence-electron chi connectivity index (χ1n) is 6.87. The van der Waals surface area contributed by atoms with Crippen LogP contribution in [0.3, 0.4) is 0 Å². The van der Waals surface area contributed by atoms with E-state index in [4.69, 9.17) is 0 Å². The summed E-state index contributed by atoms with van der Waals surface area (Å²) in [4.78, 5) is 14.3. The van der Waals surface area contributed by atoms with Crippen molar-refractivity contribution >= 4 is 27.5 Å². The Kier molecular flexibility index (Phi) is 5.32. The molecule has 2 rings (SSSR count). The van der Waals surface area contributed by atoms with E-state index in [-0.39, 0.29) is 5.56 Å². The lowest BCUT2D eigenvalue weighted by atomic mass is 10.1. The van der Waals surface area contributed by atoms with Gasteiger partial charge in [0.05, 0.1) is 5.56 Å². The molecule has 0 radical (unpaired) electrons. The van der Waals surface area contributed by atoms with Crippen molar-refractivity contribution in [2.24, 2.45) is 0 Å². The molecule has 0 bridgehead atoms. The summed E-state index contributed by atoms with van der Waals surface area (Å²) < 4.78 is 14.5. The van der Waals surface area contributed by atoms with Crippen molar-refractivity contribution in [3.05, 3.63) is 63.4 Å². The van der Waals surface area contributed by atoms with E-state index in [1.165, 1.54) is 12.1 Å². The quantitative estimate of drug-likeness (QED) is 0.880. The summed E-state index contributed by atoms with van der Waals surface area (Å²) in [7, 11) is 3.92. The van der Waals surface area contributed by atoms with Gasteiger partial charge in [-0.3, -0.25) is 4.79 Å². The van der Waals surface area contributed by atoms with E-state index in [2.05, 4.69) is 21.2 Å². The van der Waals surface area contributed by atoms with Crippen LogP contribution in [0.2, 0.25) is 0 Å². The second-order valence-corrected chi connectivity index (χ2v) is 6.39. The van der Waals surface area contributed by atoms with Crippen LogP contribution in [0.1, 0.15) is 21.5 Å². The number of anilines is 1. The Hall–Kier alpha value is -1.72. The van der Waals surface area contributed by atoms with Crippen molar-refractivity contribution in [2.75, 3.05) is 19.4 Å². The van der Waals surface area contributed by atoms with Crippen molar-refractivity contribution in [1.82, 2.24) is 4.90 Å². The zero-order chi connectivity index (χ0) is 16.3. The SMILES string of the molecule is Cc1ccc(NC(=O)c2cc(Br)ccc2F)c(CN(C)C)c1. The summed E-state index contributed by atoms with van der Waals surface area (Å²) in [6, 6.07) is 10.1. The number of benzene rings is 2. The standard InChI is InChI=1S/C17H18BrFN2O/c1-11-4-7-16(12(8-11)10-21(2)3)20-17(22)14-9-13(18)5-6-15(14)19/h4-9H,10H2,1-3H3,(H,20,22). The first kappa shape index (κ1) is 16.6. The van der Waals surface area contributed by atoms with E-state index >= 15 is 0 Å². The van der Waals surface area contributed by atoms with Gasteiger partial charge in [0.25, 0.3) is 5.91 Å². The third-order valence-electron chi connectivity index (χ3n) is 3.17. The molecule has 0 saturated heterocycles. The minimum absolute atomic E-state index is 0.0192. The van der Waals surface area contributed by atoms with Gasteiger partial charge in [-0.05, 0) is 50.8 Å². The van der Waals surface area contributed by atoms with Gasteiger partial charge in [-0.1, -0.05) is 33.6 Å². The van der Waals surface area contributed by atoms with E-state index in [0.29, 0.717) is 16.7 Å². The predicted molar refractivity (Wildman–Crippen MR) is 90.6 cm³/mol. The maximum absolute atomic E-state index is 13.8. The third-order valence-corrected chi connectivity index (χ3v) is 3.66. The minimum Gasteiger partial charge on any atom is -0.322 e. The zero-order valence-electron chi connectivity index (χ0n) is 12.8. The van der Waals surface area contributed by atoms with E-state index in [9.17, 15) is 9.18 Å². The van der Waals surface area contributed by atoms with Crippen LogP contribution >= 0.6 is 15.9 Å². The Balaban J connectivity index is 2.30. The van der Waals surface area contributed by atoms with Crippen LogP contribution in [0.5, 0.6) is 0 Å². The van der Waals surface area contributed by atoms with Gasteiger partial charge in [0.1, 0.15) is 5.82 Å². The zero-order valence-corrected chi connectivity index (χ0v) is 14.4. The number of nitrogens with one attached hydrogen (secondary N) is 1. The first-order valence-corrected chi connectivity index (χ1v) is 7.67. The molecule has 0 unspecified atom stereocenters. The number of carbonyl (C=O) groups is 1. The average molecular weight is 365 g/mol. The molecule has 0 atom stereocenters. The highest BCUT2D eigenvalue weighted by molar-refractivity contribution is 9.10. The highest BCUT2D eigenvalue weighted by Crippen LogP contribution is 2.21. The predicted octanol–water partition coefficient (Wildman–Crippen LogP) is 4.21. The van der Waals surface area contributed by atoms with E-state index in [1.54, 1.807) is 6.07 Å². The van der Waals surface area contributed by atoms with E-state index in [0.717, 1.165) is 11.1 Å². The number of aryl methyl sites for hydroxylation is 1. The number of amides is 1. The monoisotopic (exact) mass is 364 g/mol. The average Bonchev–Trinajstić information content (AvgIpc) is 2.43. The summed E-state index contributed by atoms with van der Waals surface area (Å²) >= 11 is 3.25. The Morgan fingerprint density at radius 3 is 2.64 bits per heavy atom. The lowest BCUT2D eigenvalue weighted by Crippen LogP contribution is -2.17. The molecule has 0 saturated carbocycles. The van der Waals surface area contributed by atoms with Crippen molar-refractivity contribution in [1.29, 1.82) is 0 Å². The largest absolute Gasteiger partial charge is 0.322 e.